The van der Waals surface area contributed by atoms with E-state index in [-0.39, 0.29) is 5.91 Å². The summed E-state index contributed by atoms with van der Waals surface area (Å²) in [6.07, 6.45) is 6.09. The van der Waals surface area contributed by atoms with E-state index in [0.717, 1.165) is 6.42 Å². The van der Waals surface area contributed by atoms with Gasteiger partial charge in [0.1, 0.15) is 5.82 Å². The lowest BCUT2D eigenvalue weighted by Crippen LogP contribution is -2.48. The highest BCUT2D eigenvalue weighted by atomic mass is 19.1. The number of carbonyl (C=O) groups excluding carboxylic acids is 1. The van der Waals surface area contributed by atoms with Gasteiger partial charge in [-0.3, -0.25) is 4.79 Å². The van der Waals surface area contributed by atoms with Gasteiger partial charge in [-0.2, -0.15) is 0 Å². The molecule has 1 heterocycles. The zero-order chi connectivity index (χ0) is 15.5. The number of halogens is 1. The maximum Gasteiger partial charge on any atom is 0.244 e. The number of hydrogen-bond acceptors (Lipinski definition) is 3. The molecule has 2 rings (SSSR count). The van der Waals surface area contributed by atoms with Crippen LogP contribution in [-0.2, 0) is 4.79 Å². The molecule has 1 amide bonds. The molecule has 0 spiro atoms. The molecule has 0 bridgehead atoms. The standard InChI is InChI=1S/C15H19FN4O/c1-3-6-15(2,17)14(21)19-11-4-5-13(12(16)9-11)20-8-7-18-10-20/h4-5,7-10H,3,6,17H2,1-2H3,(H,19,21). The molecule has 0 fully saturated rings. The van der Waals surface area contributed by atoms with Gasteiger partial charge < -0.3 is 15.6 Å². The maximum absolute atomic E-state index is 14.1. The van der Waals surface area contributed by atoms with Crippen LogP contribution in [-0.4, -0.2) is 21.0 Å². The van der Waals surface area contributed by atoms with E-state index in [0.29, 0.717) is 17.8 Å². The minimum absolute atomic E-state index is 0.320. The Morgan fingerprint density at radius 3 is 2.86 bits per heavy atom. The number of anilines is 1. The average molecular weight is 290 g/mol. The molecule has 5 nitrogen and oxygen atoms in total. The van der Waals surface area contributed by atoms with Crippen molar-refractivity contribution in [2.24, 2.45) is 5.73 Å². The summed E-state index contributed by atoms with van der Waals surface area (Å²) in [6, 6.07) is 4.49. The van der Waals surface area contributed by atoms with Gasteiger partial charge in [0.2, 0.25) is 5.91 Å². The molecule has 1 aromatic carbocycles. The molecule has 0 saturated carbocycles. The largest absolute Gasteiger partial charge is 0.324 e. The van der Waals surface area contributed by atoms with E-state index < -0.39 is 11.4 Å². The molecule has 3 N–H and O–H groups in total. The molecule has 0 radical (unpaired) electrons. The van der Waals surface area contributed by atoms with Crippen molar-refractivity contribution >= 4 is 11.6 Å². The van der Waals surface area contributed by atoms with Crippen molar-refractivity contribution in [1.82, 2.24) is 9.55 Å². The number of benzene rings is 1. The van der Waals surface area contributed by atoms with E-state index in [4.69, 9.17) is 5.73 Å². The van der Waals surface area contributed by atoms with Gasteiger partial charge in [-0.15, -0.1) is 0 Å². The number of imidazole rings is 1. The van der Waals surface area contributed by atoms with E-state index in [1.54, 1.807) is 36.0 Å². The molecule has 0 saturated heterocycles. The molecular formula is C15H19FN4O. The van der Waals surface area contributed by atoms with Gasteiger partial charge in [0.05, 0.1) is 17.6 Å². The molecule has 1 unspecified atom stereocenters. The molecule has 1 atom stereocenters. The Labute approximate surface area is 123 Å². The summed E-state index contributed by atoms with van der Waals surface area (Å²) in [5.74, 6) is -0.765. The third kappa shape index (κ3) is 3.46. The molecule has 0 aliphatic carbocycles. The van der Waals surface area contributed by atoms with Crippen molar-refractivity contribution in [2.75, 3.05) is 5.32 Å². The average Bonchev–Trinajstić information content (AvgIpc) is 2.92. The van der Waals surface area contributed by atoms with E-state index in [2.05, 4.69) is 10.3 Å². The van der Waals surface area contributed by atoms with Gasteiger partial charge in [0.25, 0.3) is 0 Å². The maximum atomic E-state index is 14.1. The monoisotopic (exact) mass is 290 g/mol. The smallest absolute Gasteiger partial charge is 0.244 e. The summed E-state index contributed by atoms with van der Waals surface area (Å²) < 4.78 is 15.6. The number of nitrogens with zero attached hydrogens (tertiary/aromatic N) is 2. The zero-order valence-corrected chi connectivity index (χ0v) is 12.1. The van der Waals surface area contributed by atoms with Crippen molar-refractivity contribution in [3.8, 4) is 5.69 Å². The fourth-order valence-electron chi connectivity index (χ4n) is 2.10. The van der Waals surface area contributed by atoms with Crippen molar-refractivity contribution in [3.63, 3.8) is 0 Å². The van der Waals surface area contributed by atoms with Gasteiger partial charge in [-0.05, 0) is 31.5 Å². The predicted molar refractivity (Wildman–Crippen MR) is 79.7 cm³/mol. The van der Waals surface area contributed by atoms with Gasteiger partial charge >= 0.3 is 0 Å². The van der Waals surface area contributed by atoms with Crippen molar-refractivity contribution < 1.29 is 9.18 Å². The Balaban J connectivity index is 2.16. The summed E-state index contributed by atoms with van der Waals surface area (Å²) in [7, 11) is 0. The Morgan fingerprint density at radius 2 is 2.29 bits per heavy atom. The molecule has 2 aromatic rings. The third-order valence-corrected chi connectivity index (χ3v) is 3.28. The Morgan fingerprint density at radius 1 is 1.52 bits per heavy atom. The number of amides is 1. The quantitative estimate of drug-likeness (QED) is 0.888. The summed E-state index contributed by atoms with van der Waals surface area (Å²) >= 11 is 0. The molecule has 6 heteroatoms. The van der Waals surface area contributed by atoms with Crippen molar-refractivity contribution in [1.29, 1.82) is 0 Å². The van der Waals surface area contributed by atoms with Gasteiger partial charge in [-0.1, -0.05) is 13.3 Å². The van der Waals surface area contributed by atoms with E-state index >= 15 is 0 Å². The zero-order valence-electron chi connectivity index (χ0n) is 12.1. The number of rotatable bonds is 5. The highest BCUT2D eigenvalue weighted by molar-refractivity contribution is 5.97. The van der Waals surface area contributed by atoms with Crippen LogP contribution in [0, 0.1) is 5.82 Å². The first kappa shape index (κ1) is 15.2. The molecule has 1 aromatic heterocycles. The van der Waals surface area contributed by atoms with Crippen LogP contribution >= 0.6 is 0 Å². The van der Waals surface area contributed by atoms with Gasteiger partial charge in [0, 0.05) is 18.1 Å². The molecule has 21 heavy (non-hydrogen) atoms. The number of nitrogens with one attached hydrogen (secondary N) is 1. The highest BCUT2D eigenvalue weighted by Crippen LogP contribution is 2.19. The number of aromatic nitrogens is 2. The van der Waals surface area contributed by atoms with Crippen LogP contribution in [0.1, 0.15) is 26.7 Å². The Bertz CT molecular complexity index is 623. The van der Waals surface area contributed by atoms with E-state index in [1.807, 2.05) is 6.92 Å². The summed E-state index contributed by atoms with van der Waals surface area (Å²) in [6.45, 7) is 3.63. The topological polar surface area (TPSA) is 72.9 Å². The Kier molecular flexibility index (Phi) is 4.37. The van der Waals surface area contributed by atoms with E-state index in [1.165, 1.54) is 12.4 Å². The number of nitrogens with two attached hydrogens (primary N) is 1. The molecule has 112 valence electrons. The normalized spacial score (nSPS) is 13.7. The lowest BCUT2D eigenvalue weighted by molar-refractivity contribution is -0.120. The summed E-state index contributed by atoms with van der Waals surface area (Å²) in [5, 5.41) is 2.65. The van der Waals surface area contributed by atoms with Crippen LogP contribution < -0.4 is 11.1 Å². The lowest BCUT2D eigenvalue weighted by Gasteiger charge is -2.23. The van der Waals surface area contributed by atoms with Crippen LogP contribution in [0.3, 0.4) is 0 Å². The van der Waals surface area contributed by atoms with Gasteiger partial charge in [-0.25, -0.2) is 9.37 Å². The van der Waals surface area contributed by atoms with Crippen LogP contribution in [0.5, 0.6) is 0 Å². The fraction of sp³-hybridized carbons (Fsp3) is 0.333. The van der Waals surface area contributed by atoms with Crippen LogP contribution in [0.4, 0.5) is 10.1 Å². The highest BCUT2D eigenvalue weighted by Gasteiger charge is 2.27. The van der Waals surface area contributed by atoms with Crippen LogP contribution in [0.15, 0.2) is 36.9 Å². The van der Waals surface area contributed by atoms with Gasteiger partial charge in [0.15, 0.2) is 0 Å². The minimum atomic E-state index is -0.964. The first-order valence-corrected chi connectivity index (χ1v) is 6.82. The lowest BCUT2D eigenvalue weighted by atomic mass is 9.96. The second-order valence-electron chi connectivity index (χ2n) is 5.26. The van der Waals surface area contributed by atoms with E-state index in [9.17, 15) is 9.18 Å². The first-order chi connectivity index (χ1) is 9.94. The van der Waals surface area contributed by atoms with Crippen molar-refractivity contribution in [2.45, 2.75) is 32.2 Å². The third-order valence-electron chi connectivity index (χ3n) is 3.28. The molecule has 0 aliphatic rings. The number of carbonyl (C=O) groups is 1. The first-order valence-electron chi connectivity index (χ1n) is 6.82. The second-order valence-corrected chi connectivity index (χ2v) is 5.26. The summed E-state index contributed by atoms with van der Waals surface area (Å²) in [4.78, 5) is 15.9. The van der Waals surface area contributed by atoms with Crippen molar-refractivity contribution in [3.05, 3.63) is 42.7 Å². The minimum Gasteiger partial charge on any atom is -0.324 e. The second kappa shape index (κ2) is 6.05. The SMILES string of the molecule is CCCC(C)(N)C(=O)Nc1ccc(-n2ccnc2)c(F)c1. The predicted octanol–water partition coefficient (Wildman–Crippen LogP) is 2.47. The molecule has 0 aliphatic heterocycles. The fourth-order valence-corrected chi connectivity index (χ4v) is 2.10. The molecular weight excluding hydrogens is 271 g/mol. The van der Waals surface area contributed by atoms with Crippen LogP contribution in [0.25, 0.3) is 5.69 Å². The summed E-state index contributed by atoms with van der Waals surface area (Å²) in [5.41, 5.74) is 5.73. The number of hydrogen-bond donors (Lipinski definition) is 2. The van der Waals surface area contributed by atoms with Crippen LogP contribution in [0.2, 0.25) is 0 Å². The Hall–Kier alpha value is -2.21.